The van der Waals surface area contributed by atoms with Gasteiger partial charge in [0, 0.05) is 19.4 Å². The molecule has 14 heteroatoms. The molecule has 3 heterocycles. The summed E-state index contributed by atoms with van der Waals surface area (Å²) in [5.41, 5.74) is -2.29. The summed E-state index contributed by atoms with van der Waals surface area (Å²) in [6, 6.07) is 4.40. The predicted octanol–water partition coefficient (Wildman–Crippen LogP) is 2.79. The molecule has 3 aromatic rings. The third-order valence-corrected chi connectivity index (χ3v) is 5.81. The predicted molar refractivity (Wildman–Crippen MR) is 125 cm³/mol. The van der Waals surface area contributed by atoms with Crippen molar-refractivity contribution in [3.63, 3.8) is 0 Å². The van der Waals surface area contributed by atoms with Crippen molar-refractivity contribution in [3.05, 3.63) is 74.5 Å². The van der Waals surface area contributed by atoms with E-state index in [-0.39, 0.29) is 33.7 Å². The van der Waals surface area contributed by atoms with E-state index in [0.29, 0.717) is 6.07 Å². The van der Waals surface area contributed by atoms with Crippen LogP contribution in [0.25, 0.3) is 17.5 Å². The van der Waals surface area contributed by atoms with Gasteiger partial charge >= 0.3 is 17.8 Å². The van der Waals surface area contributed by atoms with Crippen molar-refractivity contribution in [2.24, 2.45) is 4.99 Å². The molecule has 196 valence electrons. The minimum absolute atomic E-state index is 0.0286. The minimum Gasteiger partial charge on any atom is -0.482 e. The Morgan fingerprint density at radius 1 is 1.27 bits per heavy atom. The molecular weight excluding hydrogens is 503 g/mol. The number of hydrogen-bond acceptors (Lipinski definition) is 6. The number of benzene rings is 1. The molecule has 0 bridgehead atoms. The first-order valence-corrected chi connectivity index (χ1v) is 10.8. The fraction of sp³-hybridized carbons (Fsp3) is 0.304. The summed E-state index contributed by atoms with van der Waals surface area (Å²) in [5, 5.41) is 4.23. The molecule has 2 N–H and O–H groups in total. The van der Waals surface area contributed by atoms with Gasteiger partial charge in [-0.05, 0) is 30.7 Å². The van der Waals surface area contributed by atoms with E-state index in [2.05, 4.69) is 26.6 Å². The smallest absolute Gasteiger partial charge is 0.416 e. The fourth-order valence-corrected chi connectivity index (χ4v) is 4.02. The van der Waals surface area contributed by atoms with Crippen LogP contribution in [0.1, 0.15) is 11.1 Å². The van der Waals surface area contributed by atoms with Crippen LogP contribution in [0.2, 0.25) is 0 Å². The Bertz CT molecular complexity index is 1540. The first kappa shape index (κ1) is 25.9. The molecule has 0 amide bonds. The third kappa shape index (κ3) is 5.04. The van der Waals surface area contributed by atoms with Gasteiger partial charge in [0.2, 0.25) is 0 Å². The summed E-state index contributed by atoms with van der Waals surface area (Å²) < 4.78 is 76.4. The zero-order valence-corrected chi connectivity index (χ0v) is 19.6. The first-order valence-electron chi connectivity index (χ1n) is 10.8. The molecule has 4 rings (SSSR count). The van der Waals surface area contributed by atoms with Crippen molar-refractivity contribution in [1.82, 2.24) is 19.7 Å². The van der Waals surface area contributed by atoms with Crippen LogP contribution in [0, 0.1) is 6.92 Å². The maximum absolute atomic E-state index is 15.0. The van der Waals surface area contributed by atoms with Gasteiger partial charge in [0.1, 0.15) is 11.4 Å². The lowest BCUT2D eigenvalue weighted by Crippen LogP contribution is -2.36. The molecule has 1 fully saturated rings. The zero-order valence-electron chi connectivity index (χ0n) is 19.6. The summed E-state index contributed by atoms with van der Waals surface area (Å²) in [6.45, 7) is 3.63. The van der Waals surface area contributed by atoms with Crippen LogP contribution in [-0.4, -0.2) is 51.9 Å². The quantitative estimate of drug-likeness (QED) is 0.499. The van der Waals surface area contributed by atoms with Crippen molar-refractivity contribution in [2.75, 3.05) is 25.0 Å². The fourth-order valence-electron chi connectivity index (χ4n) is 4.02. The number of nitrogens with zero attached hydrogens (tertiary/aromatic N) is 4. The van der Waals surface area contributed by atoms with Gasteiger partial charge in [-0.1, -0.05) is 12.6 Å². The number of aromatic nitrogens is 4. The van der Waals surface area contributed by atoms with Crippen molar-refractivity contribution < 1.29 is 26.7 Å². The number of nitrogens with one attached hydrogen (secondary N) is 2. The topological polar surface area (TPSA) is 108 Å². The van der Waals surface area contributed by atoms with E-state index in [1.165, 1.54) is 41.9 Å². The number of ether oxygens (including phenoxy) is 1. The Morgan fingerprint density at radius 2 is 2.00 bits per heavy atom. The van der Waals surface area contributed by atoms with Gasteiger partial charge in [-0.2, -0.15) is 18.3 Å². The summed E-state index contributed by atoms with van der Waals surface area (Å²) in [6.07, 6.45) is -4.08. The van der Waals surface area contributed by atoms with Gasteiger partial charge in [-0.15, -0.1) is 0 Å². The Morgan fingerprint density at radius 3 is 2.62 bits per heavy atom. The number of H-pyrrole nitrogens is 2. The van der Waals surface area contributed by atoms with Gasteiger partial charge in [0.25, 0.3) is 5.56 Å². The molecule has 1 unspecified atom stereocenters. The second-order valence-electron chi connectivity index (χ2n) is 8.30. The molecule has 1 aliphatic heterocycles. The average Bonchev–Trinajstić information content (AvgIpc) is 3.12. The molecule has 9 nitrogen and oxygen atoms in total. The number of aromatic amines is 2. The van der Waals surface area contributed by atoms with Gasteiger partial charge in [0.15, 0.2) is 11.6 Å². The molecule has 1 atom stereocenters. The van der Waals surface area contributed by atoms with Crippen LogP contribution in [0.3, 0.4) is 0 Å². The highest BCUT2D eigenvalue weighted by Crippen LogP contribution is 2.37. The van der Waals surface area contributed by atoms with Gasteiger partial charge < -0.3 is 14.6 Å². The third-order valence-electron chi connectivity index (χ3n) is 5.81. The molecule has 0 aliphatic carbocycles. The highest BCUT2D eigenvalue weighted by molar-refractivity contribution is 5.63. The standard InChI is InChI=1S/C23H21F5N6O3/c1-4-34-19(29-3)17(8-16(32-34)14-9-30-21(36)31-20(14)35)33-10-18(22(24,25)11-33)37-13-6-5-12(2)15(7-13)23(26,27)28/h4-9,18H,1,10-11H2,2-3H3,(H2,30,31,35,36). The Balaban J connectivity index is 1.74. The van der Waals surface area contributed by atoms with Crippen molar-refractivity contribution in [2.45, 2.75) is 25.1 Å². The normalized spacial score (nSPS) is 17.8. The van der Waals surface area contributed by atoms with E-state index in [9.17, 15) is 22.8 Å². The number of aryl methyl sites for hydroxylation is 1. The van der Waals surface area contributed by atoms with Gasteiger partial charge in [-0.3, -0.25) is 14.8 Å². The van der Waals surface area contributed by atoms with E-state index < -0.39 is 48.1 Å². The molecule has 2 aromatic heterocycles. The van der Waals surface area contributed by atoms with Crippen LogP contribution < -0.4 is 26.4 Å². The number of rotatable bonds is 5. The molecule has 1 aliphatic rings. The van der Waals surface area contributed by atoms with Gasteiger partial charge in [0.05, 0.1) is 29.9 Å². The highest BCUT2D eigenvalue weighted by Gasteiger charge is 2.50. The Labute approximate surface area is 205 Å². The maximum Gasteiger partial charge on any atom is 0.416 e. The summed E-state index contributed by atoms with van der Waals surface area (Å²) in [4.78, 5) is 33.4. The van der Waals surface area contributed by atoms with Crippen molar-refractivity contribution in [3.8, 4) is 17.0 Å². The maximum atomic E-state index is 15.0. The summed E-state index contributed by atoms with van der Waals surface area (Å²) in [5.74, 6) is -3.80. The van der Waals surface area contributed by atoms with Crippen LogP contribution in [0.5, 0.6) is 5.75 Å². The lowest BCUT2D eigenvalue weighted by molar-refractivity contribution is -0.138. The minimum atomic E-state index is -4.67. The number of anilines is 1. The SMILES string of the molecule is C=Cn1nc(-c2c[nH]c(=O)[nH]c2=O)cc(N2CC(Oc3ccc(C)c(C(F)(F)F)c3)C(F)(F)C2)c1=NC. The molecule has 0 radical (unpaired) electrons. The van der Waals surface area contributed by atoms with Crippen LogP contribution in [-0.2, 0) is 6.18 Å². The van der Waals surface area contributed by atoms with E-state index in [1.54, 1.807) is 0 Å². The van der Waals surface area contributed by atoms with Crippen molar-refractivity contribution in [1.29, 1.82) is 0 Å². The van der Waals surface area contributed by atoms with E-state index in [0.717, 1.165) is 12.3 Å². The first-order chi connectivity index (χ1) is 17.3. The highest BCUT2D eigenvalue weighted by atomic mass is 19.4. The molecule has 37 heavy (non-hydrogen) atoms. The zero-order chi connectivity index (χ0) is 27.1. The van der Waals surface area contributed by atoms with Crippen LogP contribution in [0.4, 0.5) is 27.6 Å². The molecule has 0 saturated carbocycles. The molecule has 1 saturated heterocycles. The van der Waals surface area contributed by atoms with E-state index in [4.69, 9.17) is 4.74 Å². The number of hydrogen-bond donors (Lipinski definition) is 2. The largest absolute Gasteiger partial charge is 0.482 e. The molecule has 0 spiro atoms. The monoisotopic (exact) mass is 524 g/mol. The molecule has 1 aromatic carbocycles. The Kier molecular flexibility index (Phi) is 6.52. The van der Waals surface area contributed by atoms with Crippen molar-refractivity contribution >= 4 is 11.9 Å². The average molecular weight is 524 g/mol. The number of halogens is 5. The lowest BCUT2D eigenvalue weighted by Gasteiger charge is -2.21. The lowest BCUT2D eigenvalue weighted by atomic mass is 10.1. The molecular formula is C23H21F5N6O3. The van der Waals surface area contributed by atoms with E-state index >= 15 is 8.78 Å². The second kappa shape index (κ2) is 9.33. The Hall–Kier alpha value is -4.23. The summed E-state index contributed by atoms with van der Waals surface area (Å²) in [7, 11) is 1.40. The van der Waals surface area contributed by atoms with E-state index in [1.807, 2.05) is 0 Å². The van der Waals surface area contributed by atoms with Crippen LogP contribution >= 0.6 is 0 Å². The van der Waals surface area contributed by atoms with Crippen LogP contribution in [0.15, 0.2) is 51.6 Å². The summed E-state index contributed by atoms with van der Waals surface area (Å²) >= 11 is 0. The second-order valence-corrected chi connectivity index (χ2v) is 8.30. The number of alkyl halides is 5. The van der Waals surface area contributed by atoms with Gasteiger partial charge in [-0.25, -0.2) is 18.3 Å².